The van der Waals surface area contributed by atoms with Crippen molar-refractivity contribution in [3.8, 4) is 5.69 Å². The summed E-state index contributed by atoms with van der Waals surface area (Å²) in [6.45, 7) is 12.1. The highest BCUT2D eigenvalue weighted by Gasteiger charge is 2.24. The summed E-state index contributed by atoms with van der Waals surface area (Å²) >= 11 is 5.97. The van der Waals surface area contributed by atoms with Crippen molar-refractivity contribution in [3.05, 3.63) is 64.4 Å². The van der Waals surface area contributed by atoms with Gasteiger partial charge in [0.05, 0.1) is 25.6 Å². The summed E-state index contributed by atoms with van der Waals surface area (Å²) in [6.07, 6.45) is 0. The Morgan fingerprint density at radius 3 is 2.36 bits per heavy atom. The van der Waals surface area contributed by atoms with Crippen LogP contribution in [0, 0.1) is 18.6 Å². The van der Waals surface area contributed by atoms with Crippen LogP contribution >= 0.6 is 12.2 Å². The number of para-hydroxylation sites is 1. The van der Waals surface area contributed by atoms with E-state index in [4.69, 9.17) is 22.1 Å². The molecular formula is C25H32N6OS. The van der Waals surface area contributed by atoms with Crippen LogP contribution < -0.4 is 9.80 Å². The van der Waals surface area contributed by atoms with Crippen molar-refractivity contribution in [2.45, 2.75) is 20.5 Å². The zero-order valence-corrected chi connectivity index (χ0v) is 20.3. The molecule has 2 aliphatic heterocycles. The van der Waals surface area contributed by atoms with Gasteiger partial charge in [-0.1, -0.05) is 30.3 Å². The molecular weight excluding hydrogens is 432 g/mol. The first-order valence-corrected chi connectivity index (χ1v) is 12.1. The molecule has 2 fully saturated rings. The third kappa shape index (κ3) is 4.69. The SMILES string of the molecule is Cc1cccc(N2CCN(Cn3nc(N4CCOCC4)n(-c4ccccc4C)c3=S)CC2)c1. The second kappa shape index (κ2) is 9.67. The molecule has 0 saturated carbocycles. The Bertz CT molecular complexity index is 1160. The third-order valence-electron chi connectivity index (χ3n) is 6.55. The van der Waals surface area contributed by atoms with Crippen LogP contribution in [-0.4, -0.2) is 71.7 Å². The molecule has 0 N–H and O–H groups in total. The van der Waals surface area contributed by atoms with Crippen LogP contribution in [-0.2, 0) is 11.4 Å². The summed E-state index contributed by atoms with van der Waals surface area (Å²) in [4.78, 5) is 7.20. The van der Waals surface area contributed by atoms with Gasteiger partial charge < -0.3 is 14.5 Å². The van der Waals surface area contributed by atoms with Crippen LogP contribution in [0.25, 0.3) is 5.69 Å². The maximum atomic E-state index is 5.97. The number of anilines is 2. The summed E-state index contributed by atoms with van der Waals surface area (Å²) in [5, 5.41) is 5.02. The minimum absolute atomic E-state index is 0.705. The van der Waals surface area contributed by atoms with Crippen LogP contribution in [0.2, 0.25) is 0 Å². The van der Waals surface area contributed by atoms with Crippen LogP contribution in [0.15, 0.2) is 48.5 Å². The van der Waals surface area contributed by atoms with Crippen LogP contribution in [0.3, 0.4) is 0 Å². The summed E-state index contributed by atoms with van der Waals surface area (Å²) in [5.41, 5.74) is 4.90. The molecule has 8 heteroatoms. The van der Waals surface area contributed by atoms with E-state index in [2.05, 4.69) is 81.6 Å². The highest BCUT2D eigenvalue weighted by molar-refractivity contribution is 7.71. The molecule has 33 heavy (non-hydrogen) atoms. The minimum atomic E-state index is 0.705. The van der Waals surface area contributed by atoms with Crippen molar-refractivity contribution in [2.24, 2.45) is 0 Å². The molecule has 2 aliphatic rings. The van der Waals surface area contributed by atoms with E-state index in [-0.39, 0.29) is 0 Å². The lowest BCUT2D eigenvalue weighted by Crippen LogP contribution is -2.47. The molecule has 0 bridgehead atoms. The van der Waals surface area contributed by atoms with Gasteiger partial charge in [0.1, 0.15) is 0 Å². The molecule has 0 atom stereocenters. The van der Waals surface area contributed by atoms with Gasteiger partial charge in [-0.3, -0.25) is 9.47 Å². The second-order valence-electron chi connectivity index (χ2n) is 8.89. The highest BCUT2D eigenvalue weighted by atomic mass is 32.1. The van der Waals surface area contributed by atoms with Crippen molar-refractivity contribution >= 4 is 23.9 Å². The molecule has 0 amide bonds. The maximum absolute atomic E-state index is 5.97. The lowest BCUT2D eigenvalue weighted by Gasteiger charge is -2.36. The average Bonchev–Trinajstić information content (AvgIpc) is 3.16. The van der Waals surface area contributed by atoms with Gasteiger partial charge in [-0.2, -0.15) is 0 Å². The first kappa shape index (κ1) is 22.1. The maximum Gasteiger partial charge on any atom is 0.230 e. The Kier molecular flexibility index (Phi) is 6.48. The fraction of sp³-hybridized carbons (Fsp3) is 0.440. The molecule has 1 aromatic heterocycles. The van der Waals surface area contributed by atoms with E-state index in [9.17, 15) is 0 Å². The van der Waals surface area contributed by atoms with Crippen LogP contribution in [0.4, 0.5) is 11.6 Å². The number of hydrogen-bond acceptors (Lipinski definition) is 6. The number of aromatic nitrogens is 3. The lowest BCUT2D eigenvalue weighted by atomic mass is 10.2. The molecule has 5 rings (SSSR count). The summed E-state index contributed by atoms with van der Waals surface area (Å²) in [5.74, 6) is 0.913. The Balaban J connectivity index is 1.38. The predicted octanol–water partition coefficient (Wildman–Crippen LogP) is 3.64. The topological polar surface area (TPSA) is 41.7 Å². The van der Waals surface area contributed by atoms with Crippen molar-refractivity contribution in [3.63, 3.8) is 0 Å². The number of hydrogen-bond donors (Lipinski definition) is 0. The largest absolute Gasteiger partial charge is 0.378 e. The Hall–Kier alpha value is -2.68. The van der Waals surface area contributed by atoms with Crippen LogP contribution in [0.1, 0.15) is 11.1 Å². The Labute approximate surface area is 200 Å². The molecule has 2 saturated heterocycles. The van der Waals surface area contributed by atoms with Gasteiger partial charge >= 0.3 is 0 Å². The smallest absolute Gasteiger partial charge is 0.230 e. The van der Waals surface area contributed by atoms with Crippen molar-refractivity contribution in [2.75, 3.05) is 62.3 Å². The second-order valence-corrected chi connectivity index (χ2v) is 9.25. The molecule has 0 aliphatic carbocycles. The Morgan fingerprint density at radius 1 is 0.879 bits per heavy atom. The fourth-order valence-electron chi connectivity index (χ4n) is 4.64. The van der Waals surface area contributed by atoms with E-state index in [1.807, 2.05) is 4.68 Å². The van der Waals surface area contributed by atoms with Gasteiger partial charge in [-0.25, -0.2) is 4.68 Å². The molecule has 3 heterocycles. The molecule has 0 unspecified atom stereocenters. The first-order valence-electron chi connectivity index (χ1n) is 11.7. The van der Waals surface area contributed by atoms with Gasteiger partial charge in [-0.15, -0.1) is 5.10 Å². The van der Waals surface area contributed by atoms with Crippen molar-refractivity contribution < 1.29 is 4.74 Å². The van der Waals surface area contributed by atoms with Gasteiger partial charge in [0.25, 0.3) is 0 Å². The van der Waals surface area contributed by atoms with Gasteiger partial charge in [0, 0.05) is 45.0 Å². The standard InChI is InChI=1S/C25H32N6OS/c1-20-6-5-8-22(18-20)28-12-10-27(11-13-28)19-30-25(33)31(23-9-4-3-7-21(23)2)24(26-30)29-14-16-32-17-15-29/h3-9,18H,10-17,19H2,1-2H3. The molecule has 7 nitrogen and oxygen atoms in total. The zero-order chi connectivity index (χ0) is 22.8. The van der Waals surface area contributed by atoms with E-state index in [1.54, 1.807) is 0 Å². The number of benzene rings is 2. The number of nitrogens with zero attached hydrogens (tertiary/aromatic N) is 6. The number of ether oxygens (including phenoxy) is 1. The Morgan fingerprint density at radius 2 is 1.64 bits per heavy atom. The van der Waals surface area contributed by atoms with Gasteiger partial charge in [0.2, 0.25) is 10.7 Å². The molecule has 3 aromatic rings. The van der Waals surface area contributed by atoms with Crippen molar-refractivity contribution in [1.29, 1.82) is 0 Å². The number of rotatable bonds is 5. The number of morpholine rings is 1. The summed E-state index contributed by atoms with van der Waals surface area (Å²) < 4.78 is 10.5. The van der Waals surface area contributed by atoms with E-state index in [0.717, 1.165) is 55.7 Å². The highest BCUT2D eigenvalue weighted by Crippen LogP contribution is 2.24. The average molecular weight is 465 g/mol. The molecule has 174 valence electrons. The summed E-state index contributed by atoms with van der Waals surface area (Å²) in [7, 11) is 0. The van der Waals surface area contributed by atoms with E-state index < -0.39 is 0 Å². The van der Waals surface area contributed by atoms with Crippen LogP contribution in [0.5, 0.6) is 0 Å². The van der Waals surface area contributed by atoms with E-state index >= 15 is 0 Å². The third-order valence-corrected chi connectivity index (χ3v) is 6.94. The predicted molar refractivity (Wildman–Crippen MR) is 135 cm³/mol. The first-order chi connectivity index (χ1) is 16.1. The quantitative estimate of drug-likeness (QED) is 0.537. The fourth-order valence-corrected chi connectivity index (χ4v) is 4.92. The summed E-state index contributed by atoms with van der Waals surface area (Å²) in [6, 6.07) is 17.1. The molecule has 2 aromatic carbocycles. The van der Waals surface area contributed by atoms with E-state index in [0.29, 0.717) is 19.9 Å². The molecule has 0 spiro atoms. The van der Waals surface area contributed by atoms with E-state index in [1.165, 1.54) is 16.8 Å². The lowest BCUT2D eigenvalue weighted by molar-refractivity contribution is 0.121. The number of piperazine rings is 1. The monoisotopic (exact) mass is 464 g/mol. The van der Waals surface area contributed by atoms with Crippen molar-refractivity contribution in [1.82, 2.24) is 19.2 Å². The van der Waals surface area contributed by atoms with Gasteiger partial charge in [0.15, 0.2) is 0 Å². The minimum Gasteiger partial charge on any atom is -0.378 e. The van der Waals surface area contributed by atoms with Gasteiger partial charge in [-0.05, 0) is 55.4 Å². The molecule has 0 radical (unpaired) electrons. The number of aryl methyl sites for hydroxylation is 2. The zero-order valence-electron chi connectivity index (χ0n) is 19.5. The normalized spacial score (nSPS) is 17.5.